The number of amides is 2. The number of carbonyl (C=O) groups excluding carboxylic acids is 2. The number of hydrogen-bond acceptors (Lipinski definition) is 3. The van der Waals surface area contributed by atoms with Crippen LogP contribution in [0.1, 0.15) is 35.0 Å². The molecule has 1 saturated heterocycles. The summed E-state index contributed by atoms with van der Waals surface area (Å²) in [6, 6.07) is 8.95. The zero-order valence-electron chi connectivity index (χ0n) is 15.4. The molecule has 142 valence electrons. The van der Waals surface area contributed by atoms with Crippen molar-refractivity contribution in [1.29, 1.82) is 0 Å². The van der Waals surface area contributed by atoms with Crippen molar-refractivity contribution >= 4 is 11.8 Å². The highest BCUT2D eigenvalue weighted by Gasteiger charge is 2.31. The molecule has 1 aromatic carbocycles. The van der Waals surface area contributed by atoms with Gasteiger partial charge in [0.1, 0.15) is 11.4 Å². The summed E-state index contributed by atoms with van der Waals surface area (Å²) < 4.78 is 14.8. The Balaban J connectivity index is 1.68. The first-order chi connectivity index (χ1) is 12.9. The number of rotatable bonds is 5. The van der Waals surface area contributed by atoms with E-state index >= 15 is 0 Å². The molecule has 27 heavy (non-hydrogen) atoms. The molecule has 3 rings (SSSR count). The maximum Gasteiger partial charge on any atom is 0.263 e. The first-order valence-corrected chi connectivity index (χ1v) is 8.92. The van der Waals surface area contributed by atoms with Crippen molar-refractivity contribution in [2.45, 2.75) is 39.4 Å². The summed E-state index contributed by atoms with van der Waals surface area (Å²) >= 11 is 0. The number of nitrogens with zero attached hydrogens (tertiary/aromatic N) is 2. The van der Waals surface area contributed by atoms with E-state index in [4.69, 9.17) is 0 Å². The minimum atomic E-state index is -0.479. The molecule has 0 saturated carbocycles. The van der Waals surface area contributed by atoms with Crippen LogP contribution in [0.3, 0.4) is 0 Å². The molecule has 0 aliphatic carbocycles. The fourth-order valence-electron chi connectivity index (χ4n) is 3.38. The standard InChI is InChI=1S/C20H22FN3O3/c1-3-24-13(2)7-8-17(20(24)27)19(26)22-16-10-18(25)23(12-16)11-14-5-4-6-15(21)9-14/h4-9,16H,3,10-12H2,1-2H3,(H,22,26)/t16-/m0/s1. The predicted octanol–water partition coefficient (Wildman–Crippen LogP) is 1.85. The predicted molar refractivity (Wildman–Crippen MR) is 98.8 cm³/mol. The SMILES string of the molecule is CCn1c(C)ccc(C(=O)N[C@H]2CC(=O)N(Cc3cccc(F)c3)C2)c1=O. The van der Waals surface area contributed by atoms with Gasteiger partial charge in [0.15, 0.2) is 0 Å². The van der Waals surface area contributed by atoms with Gasteiger partial charge in [-0.2, -0.15) is 0 Å². The summed E-state index contributed by atoms with van der Waals surface area (Å²) in [7, 11) is 0. The Morgan fingerprint density at radius 1 is 1.26 bits per heavy atom. The van der Waals surface area contributed by atoms with E-state index in [2.05, 4.69) is 5.32 Å². The summed E-state index contributed by atoms with van der Waals surface area (Å²) in [5.74, 6) is -0.942. The normalized spacial score (nSPS) is 16.6. The largest absolute Gasteiger partial charge is 0.347 e. The minimum Gasteiger partial charge on any atom is -0.347 e. The van der Waals surface area contributed by atoms with E-state index in [1.54, 1.807) is 23.1 Å². The highest BCUT2D eigenvalue weighted by atomic mass is 19.1. The summed E-state index contributed by atoms with van der Waals surface area (Å²) in [5.41, 5.74) is 1.21. The van der Waals surface area contributed by atoms with E-state index < -0.39 is 5.91 Å². The maximum absolute atomic E-state index is 13.3. The van der Waals surface area contributed by atoms with Crippen LogP contribution in [0.4, 0.5) is 4.39 Å². The van der Waals surface area contributed by atoms with Crippen LogP contribution in [0.25, 0.3) is 0 Å². The van der Waals surface area contributed by atoms with E-state index in [-0.39, 0.29) is 41.9 Å². The van der Waals surface area contributed by atoms with Gasteiger partial charge in [-0.25, -0.2) is 4.39 Å². The van der Waals surface area contributed by atoms with Gasteiger partial charge in [-0.1, -0.05) is 12.1 Å². The Morgan fingerprint density at radius 3 is 2.74 bits per heavy atom. The fourth-order valence-corrected chi connectivity index (χ4v) is 3.38. The molecule has 1 atom stereocenters. The van der Waals surface area contributed by atoms with Gasteiger partial charge < -0.3 is 14.8 Å². The van der Waals surface area contributed by atoms with E-state index in [1.165, 1.54) is 22.8 Å². The lowest BCUT2D eigenvalue weighted by Gasteiger charge is -2.17. The Bertz CT molecular complexity index is 938. The quantitative estimate of drug-likeness (QED) is 0.872. The number of carbonyl (C=O) groups is 2. The third kappa shape index (κ3) is 4.07. The fraction of sp³-hybridized carbons (Fsp3) is 0.350. The topological polar surface area (TPSA) is 71.4 Å². The highest BCUT2D eigenvalue weighted by molar-refractivity contribution is 5.94. The van der Waals surface area contributed by atoms with Crippen molar-refractivity contribution in [3.63, 3.8) is 0 Å². The number of benzene rings is 1. The second-order valence-corrected chi connectivity index (χ2v) is 6.72. The minimum absolute atomic E-state index is 0.0680. The molecule has 0 radical (unpaired) electrons. The number of hydrogen-bond donors (Lipinski definition) is 1. The average Bonchev–Trinajstić information content (AvgIpc) is 2.94. The number of pyridine rings is 1. The maximum atomic E-state index is 13.3. The summed E-state index contributed by atoms with van der Waals surface area (Å²) in [6.45, 7) is 4.75. The average molecular weight is 371 g/mol. The lowest BCUT2D eigenvalue weighted by atomic mass is 10.2. The van der Waals surface area contributed by atoms with Crippen molar-refractivity contribution in [3.8, 4) is 0 Å². The number of halogens is 1. The number of likely N-dealkylation sites (tertiary alicyclic amines) is 1. The molecule has 1 fully saturated rings. The van der Waals surface area contributed by atoms with E-state index in [0.29, 0.717) is 18.7 Å². The van der Waals surface area contributed by atoms with Crippen LogP contribution in [-0.4, -0.2) is 33.9 Å². The van der Waals surface area contributed by atoms with E-state index in [1.807, 2.05) is 13.8 Å². The van der Waals surface area contributed by atoms with Crippen LogP contribution >= 0.6 is 0 Å². The molecular weight excluding hydrogens is 349 g/mol. The van der Waals surface area contributed by atoms with Gasteiger partial charge in [0, 0.05) is 31.7 Å². The van der Waals surface area contributed by atoms with Crippen LogP contribution in [0, 0.1) is 12.7 Å². The van der Waals surface area contributed by atoms with Crippen molar-refractivity contribution in [1.82, 2.24) is 14.8 Å². The lowest BCUT2D eigenvalue weighted by molar-refractivity contribution is -0.128. The van der Waals surface area contributed by atoms with Gasteiger partial charge in [-0.15, -0.1) is 0 Å². The summed E-state index contributed by atoms with van der Waals surface area (Å²) in [5, 5.41) is 2.78. The third-order valence-electron chi connectivity index (χ3n) is 4.77. The molecule has 1 aliphatic rings. The van der Waals surface area contributed by atoms with Crippen molar-refractivity contribution in [3.05, 3.63) is 69.4 Å². The van der Waals surface area contributed by atoms with Gasteiger partial charge >= 0.3 is 0 Å². The summed E-state index contributed by atoms with van der Waals surface area (Å²) in [6.07, 6.45) is 0.162. The van der Waals surface area contributed by atoms with Crippen LogP contribution in [0.5, 0.6) is 0 Å². The van der Waals surface area contributed by atoms with Crippen LogP contribution < -0.4 is 10.9 Å². The second-order valence-electron chi connectivity index (χ2n) is 6.72. The number of nitrogens with one attached hydrogen (secondary N) is 1. The lowest BCUT2D eigenvalue weighted by Crippen LogP contribution is -2.40. The van der Waals surface area contributed by atoms with Crippen LogP contribution in [-0.2, 0) is 17.9 Å². The van der Waals surface area contributed by atoms with Gasteiger partial charge in [-0.05, 0) is 43.7 Å². The van der Waals surface area contributed by atoms with E-state index in [0.717, 1.165) is 5.69 Å². The molecule has 1 aromatic heterocycles. The molecule has 1 aliphatic heterocycles. The molecule has 0 spiro atoms. The Hall–Kier alpha value is -2.96. The molecule has 0 bridgehead atoms. The number of aromatic nitrogens is 1. The Kier molecular flexibility index (Phi) is 5.39. The monoisotopic (exact) mass is 371 g/mol. The van der Waals surface area contributed by atoms with Gasteiger partial charge in [-0.3, -0.25) is 14.4 Å². The van der Waals surface area contributed by atoms with Crippen molar-refractivity contribution in [2.75, 3.05) is 6.54 Å². The zero-order chi connectivity index (χ0) is 19.6. The van der Waals surface area contributed by atoms with Crippen LogP contribution in [0.15, 0.2) is 41.2 Å². The Labute approximate surface area is 156 Å². The molecule has 2 aromatic rings. The van der Waals surface area contributed by atoms with Crippen molar-refractivity contribution in [2.24, 2.45) is 0 Å². The highest BCUT2D eigenvalue weighted by Crippen LogP contribution is 2.16. The second kappa shape index (κ2) is 7.73. The summed E-state index contributed by atoms with van der Waals surface area (Å²) in [4.78, 5) is 38.7. The zero-order valence-corrected chi connectivity index (χ0v) is 15.4. The van der Waals surface area contributed by atoms with Crippen molar-refractivity contribution < 1.29 is 14.0 Å². The van der Waals surface area contributed by atoms with Gasteiger partial charge in [0.2, 0.25) is 5.91 Å². The number of aryl methyl sites for hydroxylation is 1. The molecule has 0 unspecified atom stereocenters. The smallest absolute Gasteiger partial charge is 0.263 e. The molecular formula is C20H22FN3O3. The molecule has 2 heterocycles. The molecule has 1 N–H and O–H groups in total. The molecule has 7 heteroatoms. The van der Waals surface area contributed by atoms with Gasteiger partial charge in [0.25, 0.3) is 11.5 Å². The van der Waals surface area contributed by atoms with E-state index in [9.17, 15) is 18.8 Å². The molecule has 2 amide bonds. The Morgan fingerprint density at radius 2 is 2.04 bits per heavy atom. The third-order valence-corrected chi connectivity index (χ3v) is 4.77. The first-order valence-electron chi connectivity index (χ1n) is 8.92. The first kappa shape index (κ1) is 18.8. The van der Waals surface area contributed by atoms with Crippen LogP contribution in [0.2, 0.25) is 0 Å². The molecule has 6 nitrogen and oxygen atoms in total. The van der Waals surface area contributed by atoms with Gasteiger partial charge in [0.05, 0.1) is 6.04 Å².